The molecular weight excluding hydrogens is 354 g/mol. The summed E-state index contributed by atoms with van der Waals surface area (Å²) in [6.45, 7) is 1.86. The highest BCUT2D eigenvalue weighted by Gasteiger charge is 2.21. The van der Waals surface area contributed by atoms with Gasteiger partial charge < -0.3 is 15.9 Å². The van der Waals surface area contributed by atoms with Crippen LogP contribution in [-0.2, 0) is 16.3 Å². The summed E-state index contributed by atoms with van der Waals surface area (Å²) < 4.78 is 25.1. The number of hydrogen-bond acceptors (Lipinski definition) is 5. The van der Waals surface area contributed by atoms with Crippen LogP contribution in [0.25, 0.3) is 0 Å². The molecule has 2 aromatic carbocycles. The first-order valence-corrected chi connectivity index (χ1v) is 8.36. The maximum atomic E-state index is 12.6. The van der Waals surface area contributed by atoms with Gasteiger partial charge in [-0.2, -0.15) is 0 Å². The number of halogens is 1. The molecule has 2 rings (SSSR count). The van der Waals surface area contributed by atoms with E-state index in [2.05, 4.69) is 0 Å². The minimum absolute atomic E-state index is 0. The minimum Gasteiger partial charge on any atom is -0.507 e. The van der Waals surface area contributed by atoms with Crippen molar-refractivity contribution in [3.63, 3.8) is 0 Å². The zero-order valence-electron chi connectivity index (χ0n) is 12.8. The molecule has 0 radical (unpaired) electrons. The molecule has 0 unspecified atom stereocenters. The third kappa shape index (κ3) is 4.25. The Hall–Kier alpha value is -2.09. The summed E-state index contributed by atoms with van der Waals surface area (Å²) in [5, 5.41) is 18.5. The summed E-state index contributed by atoms with van der Waals surface area (Å²) in [6, 6.07) is 9.41. The van der Waals surface area contributed by atoms with Crippen molar-refractivity contribution < 1.29 is 23.4 Å². The smallest absolute Gasteiger partial charge is 0.339 e. The van der Waals surface area contributed by atoms with Gasteiger partial charge in [0.1, 0.15) is 11.3 Å². The van der Waals surface area contributed by atoms with Gasteiger partial charge >= 0.3 is 5.97 Å². The van der Waals surface area contributed by atoms with Crippen LogP contribution in [0.5, 0.6) is 5.75 Å². The number of hydrogen-bond donors (Lipinski definition) is 3. The van der Waals surface area contributed by atoms with E-state index in [4.69, 9.17) is 10.8 Å². The van der Waals surface area contributed by atoms with Gasteiger partial charge in [-0.05, 0) is 49.2 Å². The molecule has 0 aliphatic carbocycles. The van der Waals surface area contributed by atoms with E-state index in [9.17, 15) is 18.3 Å². The normalized spacial score (nSPS) is 12.2. The molecule has 0 amide bonds. The van der Waals surface area contributed by atoms with Crippen molar-refractivity contribution >= 4 is 28.2 Å². The maximum Gasteiger partial charge on any atom is 0.339 e. The first-order chi connectivity index (χ1) is 10.7. The standard InChI is InChI=1S/C16H17NO5S.ClH/c1-10(17)8-11-2-4-12(5-3-11)23(21,22)13-6-7-15(18)14(9-13)16(19)20;/h2-7,9-10,18H,8,17H2,1H3,(H,19,20);1H/t10-;/m1./s1. The van der Waals surface area contributed by atoms with Crippen LogP contribution in [0.3, 0.4) is 0 Å². The predicted molar refractivity (Wildman–Crippen MR) is 91.6 cm³/mol. The highest BCUT2D eigenvalue weighted by atomic mass is 35.5. The van der Waals surface area contributed by atoms with Gasteiger partial charge in [-0.15, -0.1) is 12.4 Å². The summed E-state index contributed by atoms with van der Waals surface area (Å²) in [5.41, 5.74) is 6.16. The predicted octanol–water partition coefficient (Wildman–Crippen LogP) is 2.23. The van der Waals surface area contributed by atoms with Crippen LogP contribution in [0.1, 0.15) is 22.8 Å². The lowest BCUT2D eigenvalue weighted by Gasteiger charge is -2.09. The Kier molecular flexibility index (Phi) is 6.36. The number of carbonyl (C=O) groups is 1. The van der Waals surface area contributed by atoms with Crippen molar-refractivity contribution in [3.8, 4) is 5.75 Å². The van der Waals surface area contributed by atoms with Gasteiger partial charge in [0.15, 0.2) is 0 Å². The van der Waals surface area contributed by atoms with Gasteiger partial charge in [-0.1, -0.05) is 12.1 Å². The van der Waals surface area contributed by atoms with E-state index in [0.29, 0.717) is 6.42 Å². The number of aromatic carboxylic acids is 1. The first kappa shape index (κ1) is 20.0. The summed E-state index contributed by atoms with van der Waals surface area (Å²) in [7, 11) is -3.86. The van der Waals surface area contributed by atoms with Gasteiger partial charge in [0, 0.05) is 6.04 Å². The number of rotatable bonds is 5. The van der Waals surface area contributed by atoms with Crippen LogP contribution in [0.2, 0.25) is 0 Å². The van der Waals surface area contributed by atoms with Crippen LogP contribution >= 0.6 is 12.4 Å². The Balaban J connectivity index is 0.00000288. The molecule has 0 aromatic heterocycles. The van der Waals surface area contributed by atoms with Gasteiger partial charge in [-0.25, -0.2) is 13.2 Å². The second-order valence-corrected chi connectivity index (χ2v) is 7.26. The molecular formula is C16H18ClNO5S. The Bertz CT molecular complexity index is 832. The lowest BCUT2D eigenvalue weighted by molar-refractivity contribution is 0.0693. The number of sulfone groups is 1. The molecule has 24 heavy (non-hydrogen) atoms. The van der Waals surface area contributed by atoms with Crippen LogP contribution in [0, 0.1) is 0 Å². The SMILES string of the molecule is C[C@@H](N)Cc1ccc(S(=O)(=O)c2ccc(O)c(C(=O)O)c2)cc1.Cl. The zero-order valence-corrected chi connectivity index (χ0v) is 14.5. The fraction of sp³-hybridized carbons (Fsp3) is 0.188. The zero-order chi connectivity index (χ0) is 17.2. The molecule has 0 spiro atoms. The highest BCUT2D eigenvalue weighted by Crippen LogP contribution is 2.26. The van der Waals surface area contributed by atoms with Crippen molar-refractivity contribution in [2.45, 2.75) is 29.2 Å². The van der Waals surface area contributed by atoms with Gasteiger partial charge in [0.25, 0.3) is 0 Å². The maximum absolute atomic E-state index is 12.6. The number of benzene rings is 2. The van der Waals surface area contributed by atoms with Gasteiger partial charge in [0.05, 0.1) is 9.79 Å². The summed E-state index contributed by atoms with van der Waals surface area (Å²) in [5.74, 6) is -1.88. The average molecular weight is 372 g/mol. The summed E-state index contributed by atoms with van der Waals surface area (Å²) in [4.78, 5) is 10.9. The molecule has 0 aliphatic rings. The molecule has 2 aromatic rings. The van der Waals surface area contributed by atoms with Crippen LogP contribution < -0.4 is 5.73 Å². The third-order valence-electron chi connectivity index (χ3n) is 3.30. The average Bonchev–Trinajstić information content (AvgIpc) is 2.47. The van der Waals surface area contributed by atoms with Crippen LogP contribution in [0.4, 0.5) is 0 Å². The molecule has 0 heterocycles. The summed E-state index contributed by atoms with van der Waals surface area (Å²) in [6.07, 6.45) is 0.628. The molecule has 0 saturated heterocycles. The van der Waals surface area contributed by atoms with Crippen molar-refractivity contribution in [1.82, 2.24) is 0 Å². The molecule has 0 aliphatic heterocycles. The molecule has 6 nitrogen and oxygen atoms in total. The number of nitrogens with two attached hydrogens (primary N) is 1. The summed E-state index contributed by atoms with van der Waals surface area (Å²) >= 11 is 0. The molecule has 0 fully saturated rings. The molecule has 0 saturated carbocycles. The molecule has 8 heteroatoms. The van der Waals surface area contributed by atoms with E-state index in [1.54, 1.807) is 12.1 Å². The number of carboxylic acid groups (broad SMARTS) is 1. The first-order valence-electron chi connectivity index (χ1n) is 6.87. The monoisotopic (exact) mass is 371 g/mol. The van der Waals surface area contributed by atoms with E-state index >= 15 is 0 Å². The van der Waals surface area contributed by atoms with E-state index < -0.39 is 27.1 Å². The number of aromatic hydroxyl groups is 1. The lowest BCUT2D eigenvalue weighted by Crippen LogP contribution is -2.17. The Morgan fingerprint density at radius 1 is 1.12 bits per heavy atom. The Morgan fingerprint density at radius 2 is 1.67 bits per heavy atom. The fourth-order valence-electron chi connectivity index (χ4n) is 2.17. The van der Waals surface area contributed by atoms with Crippen molar-refractivity contribution in [2.75, 3.05) is 0 Å². The van der Waals surface area contributed by atoms with E-state index in [0.717, 1.165) is 17.7 Å². The van der Waals surface area contributed by atoms with E-state index in [1.807, 2.05) is 6.92 Å². The largest absolute Gasteiger partial charge is 0.507 e. The number of carboxylic acids is 1. The Labute approximate surface area is 146 Å². The van der Waals surface area contributed by atoms with Gasteiger partial charge in [0.2, 0.25) is 9.84 Å². The van der Waals surface area contributed by atoms with Crippen LogP contribution in [-0.4, -0.2) is 30.6 Å². The van der Waals surface area contributed by atoms with E-state index in [-0.39, 0.29) is 28.2 Å². The molecule has 1 atom stereocenters. The van der Waals surface area contributed by atoms with Crippen molar-refractivity contribution in [1.29, 1.82) is 0 Å². The molecule has 0 bridgehead atoms. The third-order valence-corrected chi connectivity index (χ3v) is 5.07. The lowest BCUT2D eigenvalue weighted by atomic mass is 10.1. The van der Waals surface area contributed by atoms with Crippen LogP contribution in [0.15, 0.2) is 52.3 Å². The number of phenols is 1. The second-order valence-electron chi connectivity index (χ2n) is 5.31. The quantitative estimate of drug-likeness (QED) is 0.741. The highest BCUT2D eigenvalue weighted by molar-refractivity contribution is 7.91. The molecule has 130 valence electrons. The topological polar surface area (TPSA) is 118 Å². The van der Waals surface area contributed by atoms with Gasteiger partial charge in [-0.3, -0.25) is 0 Å². The minimum atomic E-state index is -3.86. The van der Waals surface area contributed by atoms with E-state index in [1.165, 1.54) is 18.2 Å². The fourth-order valence-corrected chi connectivity index (χ4v) is 3.45. The Morgan fingerprint density at radius 3 is 2.17 bits per heavy atom. The second kappa shape index (κ2) is 7.65. The molecule has 4 N–H and O–H groups in total. The van der Waals surface area contributed by atoms with Crippen molar-refractivity contribution in [2.24, 2.45) is 5.73 Å². The van der Waals surface area contributed by atoms with Crippen molar-refractivity contribution in [3.05, 3.63) is 53.6 Å².